The average molecular weight is 594 g/mol. The summed E-state index contributed by atoms with van der Waals surface area (Å²) in [5, 5.41) is 2.93. The zero-order valence-corrected chi connectivity index (χ0v) is 23.8. The summed E-state index contributed by atoms with van der Waals surface area (Å²) in [7, 11) is -1.07. The van der Waals surface area contributed by atoms with Crippen molar-refractivity contribution < 1.29 is 26.9 Å². The second kappa shape index (κ2) is 11.6. The van der Waals surface area contributed by atoms with Crippen molar-refractivity contribution in [3.63, 3.8) is 0 Å². The molecule has 1 spiro atoms. The number of alkyl halides is 3. The molecule has 1 saturated heterocycles. The Balaban J connectivity index is 1.21. The number of pyridine rings is 1. The molecular formula is C27H30F3N5O3S2. The SMILES string of the molecule is CCS(=O)c1ccc(CNC(=O)c2cc3c(s2)C2(CCN(Cc4cnc(C(F)(F)F)nc4C)CC2)OCC3)nc1. The van der Waals surface area contributed by atoms with Crippen LogP contribution >= 0.6 is 11.3 Å². The fourth-order valence-corrected chi connectivity index (χ4v) is 7.13. The van der Waals surface area contributed by atoms with Crippen LogP contribution in [0.15, 0.2) is 35.5 Å². The number of nitrogens with one attached hydrogen (secondary N) is 1. The number of halogens is 3. The highest BCUT2D eigenvalue weighted by Gasteiger charge is 2.43. The van der Waals surface area contributed by atoms with Crippen LogP contribution < -0.4 is 5.32 Å². The molecule has 0 aromatic carbocycles. The predicted molar refractivity (Wildman–Crippen MR) is 144 cm³/mol. The first-order chi connectivity index (χ1) is 19.1. The summed E-state index contributed by atoms with van der Waals surface area (Å²) in [6, 6.07) is 5.50. The maximum absolute atomic E-state index is 13.0. The maximum atomic E-state index is 13.0. The molecule has 1 fully saturated rings. The van der Waals surface area contributed by atoms with Gasteiger partial charge in [0.2, 0.25) is 5.82 Å². The summed E-state index contributed by atoms with van der Waals surface area (Å²) in [6.45, 7) is 6.13. The lowest BCUT2D eigenvalue weighted by Crippen LogP contribution is -2.45. The summed E-state index contributed by atoms with van der Waals surface area (Å²) in [4.78, 5) is 29.0. The van der Waals surface area contributed by atoms with Gasteiger partial charge in [-0.25, -0.2) is 9.97 Å². The number of carbonyl (C=O) groups excluding carboxylic acids is 1. The molecule has 5 heterocycles. The van der Waals surface area contributed by atoms with Crippen LogP contribution in [0.4, 0.5) is 13.2 Å². The van der Waals surface area contributed by atoms with Crippen LogP contribution in [0.5, 0.6) is 0 Å². The highest BCUT2D eigenvalue weighted by atomic mass is 32.2. The lowest BCUT2D eigenvalue weighted by molar-refractivity contribution is -0.145. The molecule has 1 atom stereocenters. The van der Waals surface area contributed by atoms with E-state index < -0.39 is 28.4 Å². The van der Waals surface area contributed by atoms with Gasteiger partial charge in [-0.15, -0.1) is 11.3 Å². The molecule has 214 valence electrons. The minimum atomic E-state index is -4.56. The molecule has 3 aromatic heterocycles. The highest BCUT2D eigenvalue weighted by Crippen LogP contribution is 2.45. The molecule has 1 unspecified atom stereocenters. The molecule has 0 aliphatic carbocycles. The van der Waals surface area contributed by atoms with E-state index in [1.54, 1.807) is 25.3 Å². The van der Waals surface area contributed by atoms with Gasteiger partial charge in [-0.1, -0.05) is 6.92 Å². The van der Waals surface area contributed by atoms with Gasteiger partial charge in [0, 0.05) is 53.9 Å². The van der Waals surface area contributed by atoms with Crippen molar-refractivity contribution in [1.29, 1.82) is 0 Å². The van der Waals surface area contributed by atoms with Gasteiger partial charge in [-0.3, -0.25) is 18.9 Å². The van der Waals surface area contributed by atoms with Gasteiger partial charge in [0.05, 0.1) is 39.4 Å². The second-order valence-corrected chi connectivity index (χ2v) is 12.7. The molecule has 0 saturated carbocycles. The zero-order valence-electron chi connectivity index (χ0n) is 22.2. The van der Waals surface area contributed by atoms with Crippen molar-refractivity contribution in [2.45, 2.75) is 62.9 Å². The van der Waals surface area contributed by atoms with Crippen molar-refractivity contribution >= 4 is 28.0 Å². The molecule has 8 nitrogen and oxygen atoms in total. The van der Waals surface area contributed by atoms with Crippen molar-refractivity contribution in [1.82, 2.24) is 25.2 Å². The lowest BCUT2D eigenvalue weighted by atomic mass is 9.85. The van der Waals surface area contributed by atoms with E-state index >= 15 is 0 Å². The van der Waals surface area contributed by atoms with E-state index in [9.17, 15) is 22.2 Å². The lowest BCUT2D eigenvalue weighted by Gasteiger charge is -2.43. The Labute approximate surface area is 236 Å². The van der Waals surface area contributed by atoms with Crippen molar-refractivity contribution in [3.05, 3.63) is 68.7 Å². The smallest absolute Gasteiger partial charge is 0.369 e. The summed E-state index contributed by atoms with van der Waals surface area (Å²) in [5.74, 6) is -0.767. The summed E-state index contributed by atoms with van der Waals surface area (Å²) < 4.78 is 57.0. The van der Waals surface area contributed by atoms with E-state index in [0.29, 0.717) is 58.7 Å². The van der Waals surface area contributed by atoms with Gasteiger partial charge in [-0.05, 0) is 49.9 Å². The van der Waals surface area contributed by atoms with Crippen LogP contribution in [-0.4, -0.2) is 55.4 Å². The average Bonchev–Trinajstić information content (AvgIpc) is 3.40. The fourth-order valence-electron chi connectivity index (χ4n) is 5.08. The van der Waals surface area contributed by atoms with Gasteiger partial charge in [0.25, 0.3) is 5.91 Å². The van der Waals surface area contributed by atoms with Crippen molar-refractivity contribution in [2.24, 2.45) is 0 Å². The Morgan fingerprint density at radius 2 is 2.00 bits per heavy atom. The molecule has 1 N–H and O–H groups in total. The molecule has 1 amide bonds. The van der Waals surface area contributed by atoms with Crippen molar-refractivity contribution in [3.8, 4) is 0 Å². The number of likely N-dealkylation sites (tertiary alicyclic amines) is 1. The molecular weight excluding hydrogens is 563 g/mol. The molecule has 5 rings (SSSR count). The number of hydrogen-bond acceptors (Lipinski definition) is 8. The minimum absolute atomic E-state index is 0.173. The van der Waals surface area contributed by atoms with E-state index in [1.165, 1.54) is 17.5 Å². The van der Waals surface area contributed by atoms with E-state index in [1.807, 2.05) is 13.0 Å². The van der Waals surface area contributed by atoms with Crippen LogP contribution in [0.2, 0.25) is 0 Å². The molecule has 13 heteroatoms. The number of aromatic nitrogens is 3. The van der Waals surface area contributed by atoms with Crippen LogP contribution in [-0.2, 0) is 46.8 Å². The molecule has 40 heavy (non-hydrogen) atoms. The highest BCUT2D eigenvalue weighted by molar-refractivity contribution is 7.85. The normalized spacial score (nSPS) is 17.9. The van der Waals surface area contributed by atoms with E-state index in [-0.39, 0.29) is 12.5 Å². The number of rotatable bonds is 7. The number of hydrogen-bond donors (Lipinski definition) is 1. The van der Waals surface area contributed by atoms with Crippen LogP contribution in [0.3, 0.4) is 0 Å². The molecule has 3 aromatic rings. The molecule has 0 radical (unpaired) electrons. The topological polar surface area (TPSA) is 97.3 Å². The Kier molecular flexibility index (Phi) is 8.37. The summed E-state index contributed by atoms with van der Waals surface area (Å²) in [5.41, 5.74) is 2.35. The summed E-state index contributed by atoms with van der Waals surface area (Å²) in [6.07, 6.45) is 0.473. The Morgan fingerprint density at radius 1 is 1.23 bits per heavy atom. The van der Waals surface area contributed by atoms with Crippen LogP contribution in [0.1, 0.15) is 62.7 Å². The van der Waals surface area contributed by atoms with Gasteiger partial charge < -0.3 is 10.1 Å². The first kappa shape index (κ1) is 28.8. The largest absolute Gasteiger partial charge is 0.451 e. The Morgan fingerprint density at radius 3 is 2.65 bits per heavy atom. The third-order valence-corrected chi connectivity index (χ3v) is 9.99. The molecule has 2 aliphatic heterocycles. The number of nitrogens with zero attached hydrogens (tertiary/aromatic N) is 4. The standard InChI is InChI=1S/C27H30F3N5O3S2/c1-3-40(37)21-5-4-20(31-15-21)14-32-24(36)22-12-18-6-11-38-26(23(18)39-22)7-9-35(10-8-26)16-19-13-33-25(27(28,29)30)34-17(19)2/h4-5,12-13,15H,3,6-11,14,16H2,1-2H3,(H,32,36). The number of aryl methyl sites for hydroxylation is 1. The number of carbonyl (C=O) groups is 1. The van der Waals surface area contributed by atoms with Gasteiger partial charge in [0.15, 0.2) is 0 Å². The Hall–Kier alpha value is -2.74. The number of amides is 1. The minimum Gasteiger partial charge on any atom is -0.369 e. The Bertz CT molecular complexity index is 1400. The van der Waals surface area contributed by atoms with Crippen molar-refractivity contribution in [2.75, 3.05) is 25.4 Å². The monoisotopic (exact) mass is 593 g/mol. The third-order valence-electron chi connectivity index (χ3n) is 7.34. The number of fused-ring (bicyclic) bond motifs is 2. The van der Waals surface area contributed by atoms with E-state index in [4.69, 9.17) is 4.74 Å². The van der Waals surface area contributed by atoms with Gasteiger partial charge >= 0.3 is 6.18 Å². The zero-order chi connectivity index (χ0) is 28.5. The first-order valence-electron chi connectivity index (χ1n) is 13.1. The van der Waals surface area contributed by atoms with E-state index in [2.05, 4.69) is 25.2 Å². The summed E-state index contributed by atoms with van der Waals surface area (Å²) >= 11 is 1.46. The van der Waals surface area contributed by atoms with Gasteiger partial charge in [0.1, 0.15) is 5.60 Å². The van der Waals surface area contributed by atoms with Crippen LogP contribution in [0, 0.1) is 6.92 Å². The number of piperidine rings is 1. The number of thiophene rings is 1. The maximum Gasteiger partial charge on any atom is 0.451 e. The second-order valence-electron chi connectivity index (χ2n) is 9.94. The molecule has 2 aliphatic rings. The van der Waals surface area contributed by atoms with Gasteiger partial charge in [-0.2, -0.15) is 13.2 Å². The fraction of sp³-hybridized carbons (Fsp3) is 0.481. The van der Waals surface area contributed by atoms with Crippen LogP contribution in [0.25, 0.3) is 0 Å². The quantitative estimate of drug-likeness (QED) is 0.434. The first-order valence-corrected chi connectivity index (χ1v) is 15.2. The predicted octanol–water partition coefficient (Wildman–Crippen LogP) is 4.38. The number of ether oxygens (including phenoxy) is 1. The molecule has 0 bridgehead atoms. The van der Waals surface area contributed by atoms with E-state index in [0.717, 1.165) is 29.7 Å². The third kappa shape index (κ3) is 6.12.